The third kappa shape index (κ3) is 2.36. The molecule has 3 heterocycles. The summed E-state index contributed by atoms with van der Waals surface area (Å²) >= 11 is 0. The summed E-state index contributed by atoms with van der Waals surface area (Å²) in [7, 11) is 0. The Morgan fingerprint density at radius 3 is 2.73 bits per heavy atom. The zero-order valence-corrected chi connectivity index (χ0v) is 11.7. The highest BCUT2D eigenvalue weighted by Crippen LogP contribution is 2.39. The van der Waals surface area contributed by atoms with E-state index in [2.05, 4.69) is 10.1 Å². The molecule has 3 rings (SSSR count). The van der Waals surface area contributed by atoms with Gasteiger partial charge in [-0.15, -0.1) is 0 Å². The molecule has 6 nitrogen and oxygen atoms in total. The van der Waals surface area contributed by atoms with Gasteiger partial charge >= 0.3 is 6.18 Å². The highest BCUT2D eigenvalue weighted by Gasteiger charge is 2.52. The monoisotopic (exact) mass is 313 g/mol. The molecule has 2 aromatic rings. The number of alkyl halides is 3. The molecule has 0 spiro atoms. The van der Waals surface area contributed by atoms with E-state index >= 15 is 0 Å². The number of aryl methyl sites for hydroxylation is 1. The molecule has 0 bridgehead atoms. The Labute approximate surface area is 123 Å². The Morgan fingerprint density at radius 2 is 2.14 bits per heavy atom. The fourth-order valence-corrected chi connectivity index (χ4v) is 2.87. The van der Waals surface area contributed by atoms with Crippen molar-refractivity contribution in [3.8, 4) is 0 Å². The predicted molar refractivity (Wildman–Crippen MR) is 72.2 cm³/mol. The molecule has 0 aromatic carbocycles. The number of aromatic nitrogens is 3. The first-order valence-corrected chi connectivity index (χ1v) is 6.69. The molecule has 1 aliphatic rings. The lowest BCUT2D eigenvalue weighted by atomic mass is 9.95. The van der Waals surface area contributed by atoms with Crippen LogP contribution in [0.1, 0.15) is 5.69 Å². The van der Waals surface area contributed by atoms with Crippen molar-refractivity contribution in [2.45, 2.75) is 13.1 Å². The van der Waals surface area contributed by atoms with Crippen molar-refractivity contribution < 1.29 is 18.0 Å². The second-order valence-electron chi connectivity index (χ2n) is 5.43. The van der Waals surface area contributed by atoms with Gasteiger partial charge in [0.15, 0.2) is 5.82 Å². The van der Waals surface area contributed by atoms with Gasteiger partial charge in [-0.1, -0.05) is 0 Å². The molecule has 0 radical (unpaired) electrons. The van der Waals surface area contributed by atoms with Crippen LogP contribution in [0.3, 0.4) is 0 Å². The maximum Gasteiger partial charge on any atom is 0.394 e. The average molecular weight is 313 g/mol. The molecule has 0 aliphatic carbocycles. The normalized spacial score (nSPS) is 22.5. The minimum Gasteiger partial charge on any atom is -0.369 e. The van der Waals surface area contributed by atoms with Gasteiger partial charge < -0.3 is 10.6 Å². The molecule has 1 amide bonds. The molecule has 1 saturated heterocycles. The lowest BCUT2D eigenvalue weighted by Crippen LogP contribution is -2.37. The maximum atomic E-state index is 13.1. The fraction of sp³-hybridized carbons (Fsp3) is 0.462. The van der Waals surface area contributed by atoms with Gasteiger partial charge in [-0.2, -0.15) is 18.3 Å². The van der Waals surface area contributed by atoms with Crippen molar-refractivity contribution in [3.05, 3.63) is 24.2 Å². The summed E-state index contributed by atoms with van der Waals surface area (Å²) in [4.78, 5) is 17.0. The highest BCUT2D eigenvalue weighted by molar-refractivity contribution is 5.80. The summed E-state index contributed by atoms with van der Waals surface area (Å²) in [5.74, 6) is -3.62. The largest absolute Gasteiger partial charge is 0.394 e. The summed E-state index contributed by atoms with van der Waals surface area (Å²) in [5, 5.41) is 4.20. The van der Waals surface area contributed by atoms with Crippen molar-refractivity contribution in [1.82, 2.24) is 14.6 Å². The molecule has 2 N–H and O–H groups in total. The Kier molecular flexibility index (Phi) is 3.22. The van der Waals surface area contributed by atoms with Crippen molar-refractivity contribution in [1.29, 1.82) is 0 Å². The van der Waals surface area contributed by atoms with Crippen LogP contribution in [0.15, 0.2) is 18.5 Å². The van der Waals surface area contributed by atoms with Crippen LogP contribution in [0.4, 0.5) is 19.0 Å². The van der Waals surface area contributed by atoms with Crippen molar-refractivity contribution in [2.75, 3.05) is 18.0 Å². The van der Waals surface area contributed by atoms with E-state index in [0.717, 1.165) is 5.69 Å². The number of halogens is 3. The lowest BCUT2D eigenvalue weighted by Gasteiger charge is -2.19. The second-order valence-corrected chi connectivity index (χ2v) is 5.43. The minimum atomic E-state index is -4.48. The van der Waals surface area contributed by atoms with Crippen LogP contribution in [0.25, 0.3) is 5.52 Å². The van der Waals surface area contributed by atoms with E-state index in [4.69, 9.17) is 5.73 Å². The highest BCUT2D eigenvalue weighted by atomic mass is 19.4. The topological polar surface area (TPSA) is 76.5 Å². The average Bonchev–Trinajstić information content (AvgIpc) is 2.99. The number of carbonyl (C=O) groups excluding carboxylic acids is 1. The molecule has 22 heavy (non-hydrogen) atoms. The van der Waals surface area contributed by atoms with E-state index in [1.54, 1.807) is 23.7 Å². The number of anilines is 1. The smallest absolute Gasteiger partial charge is 0.369 e. The number of nitrogens with two attached hydrogens (primary N) is 1. The van der Waals surface area contributed by atoms with E-state index in [0.29, 0.717) is 11.3 Å². The second kappa shape index (κ2) is 4.85. The number of hydrogen-bond acceptors (Lipinski definition) is 4. The SMILES string of the molecule is Cc1cc2c(N3C[C@@H](C(F)(F)F)[C@H](C(N)=O)C3)nccn2n1. The first-order chi connectivity index (χ1) is 10.3. The maximum absolute atomic E-state index is 13.1. The Balaban J connectivity index is 2.00. The molecule has 9 heteroatoms. The van der Waals surface area contributed by atoms with E-state index in [-0.39, 0.29) is 13.1 Å². The Morgan fingerprint density at radius 1 is 1.41 bits per heavy atom. The standard InChI is InChI=1S/C13H14F3N5O/c1-7-4-10-12(18-2-3-21(10)19-7)20-5-8(11(17)22)9(6-20)13(14,15)16/h2-4,8-9H,5-6H2,1H3,(H2,17,22)/t8-,9-/m1/s1. The molecule has 0 unspecified atom stereocenters. The number of hydrogen-bond donors (Lipinski definition) is 1. The van der Waals surface area contributed by atoms with Gasteiger partial charge in [0.25, 0.3) is 0 Å². The molecule has 2 aromatic heterocycles. The van der Waals surface area contributed by atoms with Crippen LogP contribution in [-0.4, -0.2) is 39.8 Å². The van der Waals surface area contributed by atoms with Gasteiger partial charge in [-0.05, 0) is 13.0 Å². The number of primary amides is 1. The zero-order valence-electron chi connectivity index (χ0n) is 11.7. The first kappa shape index (κ1) is 14.6. The van der Waals surface area contributed by atoms with Crippen molar-refractivity contribution >= 4 is 17.2 Å². The van der Waals surface area contributed by atoms with E-state index < -0.39 is 23.9 Å². The van der Waals surface area contributed by atoms with Gasteiger partial charge in [0.2, 0.25) is 5.91 Å². The van der Waals surface area contributed by atoms with Gasteiger partial charge in [0.1, 0.15) is 5.52 Å². The molecule has 1 aliphatic heterocycles. The molecular weight excluding hydrogens is 299 g/mol. The molecule has 0 saturated carbocycles. The third-order valence-electron chi connectivity index (χ3n) is 3.90. The quantitative estimate of drug-likeness (QED) is 0.902. The van der Waals surface area contributed by atoms with Crippen LogP contribution in [0.5, 0.6) is 0 Å². The summed E-state index contributed by atoms with van der Waals surface area (Å²) < 4.78 is 40.9. The van der Waals surface area contributed by atoms with Crippen LogP contribution in [0, 0.1) is 18.8 Å². The minimum absolute atomic E-state index is 0.101. The summed E-state index contributed by atoms with van der Waals surface area (Å²) in [6.45, 7) is 1.34. The van der Waals surface area contributed by atoms with E-state index in [1.165, 1.54) is 11.1 Å². The molecule has 1 fully saturated rings. The fourth-order valence-electron chi connectivity index (χ4n) is 2.87. The van der Waals surface area contributed by atoms with Gasteiger partial charge in [-0.3, -0.25) is 4.79 Å². The number of fused-ring (bicyclic) bond motifs is 1. The van der Waals surface area contributed by atoms with E-state index in [1.807, 2.05) is 0 Å². The Bertz CT molecular complexity index is 726. The summed E-state index contributed by atoms with van der Waals surface area (Å²) in [6, 6.07) is 1.74. The van der Waals surface area contributed by atoms with E-state index in [9.17, 15) is 18.0 Å². The summed E-state index contributed by atoms with van der Waals surface area (Å²) in [5.41, 5.74) is 6.47. The molecule has 2 atom stereocenters. The number of nitrogens with zero attached hydrogens (tertiary/aromatic N) is 4. The van der Waals surface area contributed by atoms with Gasteiger partial charge in [0.05, 0.1) is 17.5 Å². The van der Waals surface area contributed by atoms with Crippen LogP contribution in [-0.2, 0) is 4.79 Å². The predicted octanol–water partition coefficient (Wildman–Crippen LogP) is 1.14. The molecule has 118 valence electrons. The summed E-state index contributed by atoms with van der Waals surface area (Å²) in [6.07, 6.45) is -1.39. The Hall–Kier alpha value is -2.32. The lowest BCUT2D eigenvalue weighted by molar-refractivity contribution is -0.181. The molecular formula is C13H14F3N5O. The zero-order chi connectivity index (χ0) is 16.1. The van der Waals surface area contributed by atoms with Gasteiger partial charge in [-0.25, -0.2) is 9.50 Å². The van der Waals surface area contributed by atoms with Crippen LogP contribution >= 0.6 is 0 Å². The van der Waals surface area contributed by atoms with Gasteiger partial charge in [0, 0.05) is 25.5 Å². The van der Waals surface area contributed by atoms with Crippen LogP contribution in [0.2, 0.25) is 0 Å². The number of carbonyl (C=O) groups is 1. The van der Waals surface area contributed by atoms with Crippen molar-refractivity contribution in [2.24, 2.45) is 17.6 Å². The third-order valence-corrected chi connectivity index (χ3v) is 3.90. The first-order valence-electron chi connectivity index (χ1n) is 6.69. The van der Waals surface area contributed by atoms with Crippen molar-refractivity contribution in [3.63, 3.8) is 0 Å². The number of amides is 1. The van der Waals surface area contributed by atoms with Crippen LogP contribution < -0.4 is 10.6 Å². The number of rotatable bonds is 2.